The van der Waals surface area contributed by atoms with Crippen LogP contribution in [0.1, 0.15) is 57.8 Å². The van der Waals surface area contributed by atoms with E-state index in [4.69, 9.17) is 9.47 Å². The fraction of sp³-hybridized carbons (Fsp3) is 0.579. The molecule has 1 aromatic carbocycles. The average molecular weight is 326 g/mol. The maximum atomic E-state index is 11.9. The number of hydrogen-bond donors (Lipinski definition) is 0. The van der Waals surface area contributed by atoms with Crippen molar-refractivity contribution in [2.75, 3.05) is 0 Å². The highest BCUT2D eigenvalue weighted by atomic mass is 16.9. The zero-order chi connectivity index (χ0) is 16.2. The van der Waals surface area contributed by atoms with Crippen LogP contribution in [-0.4, -0.2) is 15.3 Å². The van der Waals surface area contributed by atoms with Gasteiger partial charge in [0, 0.05) is 12.8 Å². The van der Waals surface area contributed by atoms with E-state index in [-0.39, 0.29) is 5.56 Å². The summed E-state index contributed by atoms with van der Waals surface area (Å²) in [5.74, 6) is -0.414. The lowest BCUT2D eigenvalue weighted by Gasteiger charge is -2.53. The van der Waals surface area contributed by atoms with Crippen molar-refractivity contribution >= 4 is 10.9 Å². The van der Waals surface area contributed by atoms with E-state index in [1.807, 2.05) is 22.8 Å². The van der Waals surface area contributed by atoms with Crippen LogP contribution in [0.4, 0.5) is 0 Å². The summed E-state index contributed by atoms with van der Waals surface area (Å²) in [6.45, 7) is 0. The van der Waals surface area contributed by atoms with Gasteiger partial charge in [-0.3, -0.25) is 9.36 Å². The van der Waals surface area contributed by atoms with Crippen molar-refractivity contribution in [1.29, 1.82) is 0 Å². The Morgan fingerprint density at radius 1 is 1.00 bits per heavy atom. The predicted octanol–water partition coefficient (Wildman–Crippen LogP) is 3.73. The molecule has 3 fully saturated rings. The van der Waals surface area contributed by atoms with E-state index in [9.17, 15) is 4.79 Å². The summed E-state index contributed by atoms with van der Waals surface area (Å²) in [5, 5.41) is 0.599. The Kier molecular flexibility index (Phi) is 3.13. The second kappa shape index (κ2) is 5.14. The molecule has 1 aliphatic heterocycles. The van der Waals surface area contributed by atoms with Crippen molar-refractivity contribution < 1.29 is 9.47 Å². The zero-order valence-electron chi connectivity index (χ0n) is 13.7. The van der Waals surface area contributed by atoms with Gasteiger partial charge in [-0.15, -0.1) is 0 Å². The highest BCUT2D eigenvalue weighted by Gasteiger charge is 2.53. The molecule has 2 aliphatic carbocycles. The molecule has 24 heavy (non-hydrogen) atoms. The van der Waals surface area contributed by atoms with Gasteiger partial charge in [-0.25, -0.2) is 0 Å². The minimum atomic E-state index is -0.472. The number of ether oxygens (including phenoxy) is 2. The van der Waals surface area contributed by atoms with Crippen LogP contribution in [0.2, 0.25) is 0 Å². The molecule has 2 saturated carbocycles. The number of nitrogens with zero attached hydrogens (tertiary/aromatic N) is 2. The van der Waals surface area contributed by atoms with Crippen LogP contribution in [0, 0.1) is 5.41 Å². The van der Waals surface area contributed by atoms with Crippen molar-refractivity contribution in [3.8, 4) is 0 Å². The van der Waals surface area contributed by atoms with Crippen molar-refractivity contribution in [2.45, 2.75) is 63.6 Å². The van der Waals surface area contributed by atoms with Gasteiger partial charge in [-0.05, 0) is 43.2 Å². The number of hydrogen-bond acceptors (Lipinski definition) is 4. The van der Waals surface area contributed by atoms with Gasteiger partial charge in [-0.2, -0.15) is 4.98 Å². The molecule has 0 radical (unpaired) electrons. The van der Waals surface area contributed by atoms with Gasteiger partial charge < -0.3 is 9.47 Å². The number of rotatable bonds is 1. The molecular formula is C19H22N2O3. The smallest absolute Gasteiger partial charge is 0.280 e. The van der Waals surface area contributed by atoms with Gasteiger partial charge in [0.25, 0.3) is 5.56 Å². The fourth-order valence-electron chi connectivity index (χ4n) is 4.81. The van der Waals surface area contributed by atoms with Crippen molar-refractivity contribution in [2.24, 2.45) is 5.41 Å². The summed E-state index contributed by atoms with van der Waals surface area (Å²) < 4.78 is 14.2. The molecule has 5 nitrogen and oxygen atoms in total. The molecule has 2 aromatic rings. The van der Waals surface area contributed by atoms with Crippen LogP contribution < -0.4 is 5.56 Å². The monoisotopic (exact) mass is 326 g/mol. The minimum Gasteiger partial charge on any atom is -0.302 e. The van der Waals surface area contributed by atoms with E-state index in [0.29, 0.717) is 10.8 Å². The molecule has 3 aliphatic rings. The first kappa shape index (κ1) is 14.6. The standard InChI is InChI=1S/C19H22N2O3/c22-16-14-5-1-2-6-15(14)21(13-20-16)17-23-19(24-17)11-9-18(10-12-19)7-3-4-8-18/h1-2,5-6,13,17H,3-4,7-12H2. The molecule has 5 rings (SSSR count). The molecule has 0 bridgehead atoms. The van der Waals surface area contributed by atoms with E-state index >= 15 is 0 Å². The van der Waals surface area contributed by atoms with E-state index in [0.717, 1.165) is 18.4 Å². The number of fused-ring (bicyclic) bond motifs is 1. The maximum Gasteiger partial charge on any atom is 0.280 e. The molecule has 1 saturated heterocycles. The summed E-state index contributed by atoms with van der Waals surface area (Å²) in [6, 6.07) is 7.46. The Balaban J connectivity index is 1.36. The third-order valence-corrected chi connectivity index (χ3v) is 6.31. The predicted molar refractivity (Wildman–Crippen MR) is 89.3 cm³/mol. The number of para-hydroxylation sites is 1. The lowest BCUT2D eigenvalue weighted by atomic mass is 9.70. The molecule has 0 N–H and O–H groups in total. The Bertz CT molecular complexity index is 820. The topological polar surface area (TPSA) is 53.4 Å². The Labute approximate surface area is 140 Å². The van der Waals surface area contributed by atoms with Crippen molar-refractivity contribution in [3.05, 3.63) is 40.9 Å². The molecule has 126 valence electrons. The minimum absolute atomic E-state index is 0.211. The quantitative estimate of drug-likeness (QED) is 0.801. The summed E-state index contributed by atoms with van der Waals surface area (Å²) >= 11 is 0. The third-order valence-electron chi connectivity index (χ3n) is 6.31. The normalized spacial score (nSPS) is 25.3. The molecule has 2 heterocycles. The number of aromatic nitrogens is 2. The van der Waals surface area contributed by atoms with Gasteiger partial charge >= 0.3 is 0 Å². The summed E-state index contributed by atoms with van der Waals surface area (Å²) in [7, 11) is 0. The molecule has 1 aromatic heterocycles. The Morgan fingerprint density at radius 3 is 2.46 bits per heavy atom. The largest absolute Gasteiger partial charge is 0.302 e. The second-order valence-electron chi connectivity index (χ2n) is 7.63. The first-order valence-corrected chi connectivity index (χ1v) is 9.00. The first-order valence-electron chi connectivity index (χ1n) is 9.00. The van der Waals surface area contributed by atoms with E-state index in [2.05, 4.69) is 4.98 Å². The average Bonchev–Trinajstić information content (AvgIpc) is 3.04. The molecular weight excluding hydrogens is 304 g/mol. The third kappa shape index (κ3) is 2.15. The number of benzene rings is 1. The second-order valence-corrected chi connectivity index (χ2v) is 7.63. The van der Waals surface area contributed by atoms with Gasteiger partial charge in [0.2, 0.25) is 6.41 Å². The highest BCUT2D eigenvalue weighted by molar-refractivity contribution is 5.77. The van der Waals surface area contributed by atoms with Crippen LogP contribution in [0.5, 0.6) is 0 Å². The van der Waals surface area contributed by atoms with Crippen LogP contribution >= 0.6 is 0 Å². The van der Waals surface area contributed by atoms with Crippen molar-refractivity contribution in [3.63, 3.8) is 0 Å². The van der Waals surface area contributed by atoms with Crippen LogP contribution in [0.25, 0.3) is 10.9 Å². The summed E-state index contributed by atoms with van der Waals surface area (Å²) in [6.07, 6.45) is 11.0. The molecule has 2 spiro atoms. The molecule has 0 atom stereocenters. The molecule has 0 amide bonds. The van der Waals surface area contributed by atoms with E-state index in [1.165, 1.54) is 44.9 Å². The molecule has 0 unspecified atom stereocenters. The van der Waals surface area contributed by atoms with Gasteiger partial charge in [0.1, 0.15) is 6.33 Å². The Hall–Kier alpha value is -1.72. The lowest BCUT2D eigenvalue weighted by Crippen LogP contribution is -2.54. The summed E-state index contributed by atoms with van der Waals surface area (Å²) in [4.78, 5) is 15.8. The lowest BCUT2D eigenvalue weighted by molar-refractivity contribution is -0.491. The van der Waals surface area contributed by atoms with E-state index in [1.54, 1.807) is 6.07 Å². The van der Waals surface area contributed by atoms with Gasteiger partial charge in [0.15, 0.2) is 5.79 Å². The van der Waals surface area contributed by atoms with Gasteiger partial charge in [-0.1, -0.05) is 25.0 Å². The van der Waals surface area contributed by atoms with E-state index < -0.39 is 12.2 Å². The fourth-order valence-corrected chi connectivity index (χ4v) is 4.81. The zero-order valence-corrected chi connectivity index (χ0v) is 13.7. The van der Waals surface area contributed by atoms with Crippen LogP contribution in [0.3, 0.4) is 0 Å². The first-order chi connectivity index (χ1) is 11.7. The highest BCUT2D eigenvalue weighted by Crippen LogP contribution is 2.56. The van der Waals surface area contributed by atoms with Crippen LogP contribution in [-0.2, 0) is 9.47 Å². The Morgan fingerprint density at radius 2 is 1.71 bits per heavy atom. The maximum absolute atomic E-state index is 11.9. The summed E-state index contributed by atoms with van der Waals surface area (Å²) in [5.41, 5.74) is 1.16. The van der Waals surface area contributed by atoms with Crippen molar-refractivity contribution in [1.82, 2.24) is 9.55 Å². The SMILES string of the molecule is O=c1ncn(C2OC3(CCC4(CCCC4)CC3)O2)c2ccccc12. The van der Waals surface area contributed by atoms with Gasteiger partial charge in [0.05, 0.1) is 10.9 Å². The van der Waals surface area contributed by atoms with Crippen LogP contribution in [0.15, 0.2) is 35.4 Å². The molecule has 5 heteroatoms.